The molecule has 0 bridgehead atoms. The summed E-state index contributed by atoms with van der Waals surface area (Å²) in [7, 11) is 1.72. The molecule has 2 N–H and O–H groups in total. The van der Waals surface area contributed by atoms with E-state index < -0.39 is 12.6 Å². The zero-order valence-electron chi connectivity index (χ0n) is 17.8. The fourth-order valence-electron chi connectivity index (χ4n) is 2.90. The van der Waals surface area contributed by atoms with Crippen LogP contribution in [-0.4, -0.2) is 47.0 Å². The van der Waals surface area contributed by atoms with Crippen LogP contribution in [0.5, 0.6) is 5.75 Å². The van der Waals surface area contributed by atoms with Gasteiger partial charge in [0.05, 0.1) is 0 Å². The van der Waals surface area contributed by atoms with Crippen molar-refractivity contribution in [3.63, 3.8) is 0 Å². The Kier molecular flexibility index (Phi) is 7.28. The number of rotatable bonds is 9. The second kappa shape index (κ2) is 10.3. The fraction of sp³-hybridized carbons (Fsp3) is 0.167. The number of aromatic nitrogens is 2. The molecule has 2 aromatic carbocycles. The molecule has 0 amide bonds. The molecule has 164 valence electrons. The number of anilines is 1. The lowest BCUT2D eigenvalue weighted by Gasteiger charge is -2.14. The predicted octanol–water partition coefficient (Wildman–Crippen LogP) is 4.51. The number of halogens is 1. The summed E-state index contributed by atoms with van der Waals surface area (Å²) in [5.74, 6) is -0.623. The summed E-state index contributed by atoms with van der Waals surface area (Å²) in [6.07, 6.45) is 5.11. The zero-order valence-corrected chi connectivity index (χ0v) is 17.8. The highest BCUT2D eigenvalue weighted by molar-refractivity contribution is 5.97. The Balaban J connectivity index is 2.00. The van der Waals surface area contributed by atoms with Gasteiger partial charge in [-0.15, -0.1) is 0 Å². The second-order valence-corrected chi connectivity index (χ2v) is 6.99. The lowest BCUT2D eigenvalue weighted by Crippen LogP contribution is -2.10. The Bertz CT molecular complexity index is 1200. The first-order valence-electron chi connectivity index (χ1n) is 9.79. The summed E-state index contributed by atoms with van der Waals surface area (Å²) in [6, 6.07) is 9.53. The number of hydrogen-bond acceptors (Lipinski definition) is 6. The number of hydrogen-bond donors (Lipinski definition) is 2. The summed E-state index contributed by atoms with van der Waals surface area (Å²) in [4.78, 5) is 23.7. The van der Waals surface area contributed by atoms with E-state index in [2.05, 4.69) is 26.9 Å². The van der Waals surface area contributed by atoms with Crippen molar-refractivity contribution in [3.8, 4) is 16.9 Å². The van der Waals surface area contributed by atoms with Gasteiger partial charge in [0.2, 0.25) is 0 Å². The van der Waals surface area contributed by atoms with Crippen molar-refractivity contribution in [1.29, 1.82) is 0 Å². The average Bonchev–Trinajstić information content (AvgIpc) is 2.79. The number of benzene rings is 2. The SMILES string of the molecule is C=C(/C=C\C(C)=N/C)CNc1ncnc2c(OCC(=O)O)cc(-c3ccc(F)cc3)cc12. The van der Waals surface area contributed by atoms with Crippen LogP contribution in [0.2, 0.25) is 0 Å². The van der Waals surface area contributed by atoms with Crippen molar-refractivity contribution in [3.05, 3.63) is 72.8 Å². The topological polar surface area (TPSA) is 96.7 Å². The highest BCUT2D eigenvalue weighted by Crippen LogP contribution is 2.34. The van der Waals surface area contributed by atoms with Crippen LogP contribution in [0.3, 0.4) is 0 Å². The molecule has 0 saturated carbocycles. The third-order valence-corrected chi connectivity index (χ3v) is 4.63. The van der Waals surface area contributed by atoms with Gasteiger partial charge >= 0.3 is 5.97 Å². The number of carboxylic acid groups (broad SMARTS) is 1. The molecule has 0 unspecified atom stereocenters. The van der Waals surface area contributed by atoms with Gasteiger partial charge in [0, 0.05) is 24.7 Å². The Morgan fingerprint density at radius 1 is 1.22 bits per heavy atom. The fourth-order valence-corrected chi connectivity index (χ4v) is 2.90. The van der Waals surface area contributed by atoms with Crippen molar-refractivity contribution >= 4 is 28.4 Å². The molecule has 0 atom stereocenters. The third kappa shape index (κ3) is 5.75. The van der Waals surface area contributed by atoms with Crippen molar-refractivity contribution in [2.75, 3.05) is 25.5 Å². The van der Waals surface area contributed by atoms with Gasteiger partial charge in [0.15, 0.2) is 6.61 Å². The molecule has 7 nitrogen and oxygen atoms in total. The molecule has 1 aromatic heterocycles. The number of nitrogens with one attached hydrogen (secondary N) is 1. The van der Waals surface area contributed by atoms with E-state index in [1.54, 1.807) is 25.2 Å². The van der Waals surface area contributed by atoms with E-state index in [4.69, 9.17) is 9.84 Å². The molecule has 8 heteroatoms. The number of aliphatic imine (C=N–C) groups is 1. The number of nitrogens with zero attached hydrogens (tertiary/aromatic N) is 3. The second-order valence-electron chi connectivity index (χ2n) is 6.99. The molecule has 32 heavy (non-hydrogen) atoms. The lowest BCUT2D eigenvalue weighted by molar-refractivity contribution is -0.139. The summed E-state index contributed by atoms with van der Waals surface area (Å²) in [5, 5.41) is 12.9. The minimum atomic E-state index is -1.10. The molecule has 0 spiro atoms. The predicted molar refractivity (Wildman–Crippen MR) is 124 cm³/mol. The number of ether oxygens (including phenoxy) is 1. The average molecular weight is 434 g/mol. The van der Waals surface area contributed by atoms with Gasteiger partial charge < -0.3 is 15.2 Å². The van der Waals surface area contributed by atoms with Crippen LogP contribution < -0.4 is 10.1 Å². The van der Waals surface area contributed by atoms with Gasteiger partial charge in [-0.25, -0.2) is 19.2 Å². The monoisotopic (exact) mass is 434 g/mol. The van der Waals surface area contributed by atoms with Crippen LogP contribution in [0.25, 0.3) is 22.0 Å². The van der Waals surface area contributed by atoms with E-state index in [-0.39, 0.29) is 5.82 Å². The molecular formula is C24H23FN4O3. The van der Waals surface area contributed by atoms with E-state index in [9.17, 15) is 9.18 Å². The molecule has 0 aliphatic heterocycles. The summed E-state index contributed by atoms with van der Waals surface area (Å²) < 4.78 is 18.9. The van der Waals surface area contributed by atoms with E-state index in [0.717, 1.165) is 16.8 Å². The van der Waals surface area contributed by atoms with E-state index in [1.165, 1.54) is 18.5 Å². The highest BCUT2D eigenvalue weighted by Gasteiger charge is 2.14. The number of aliphatic carboxylic acids is 1. The van der Waals surface area contributed by atoms with E-state index in [0.29, 0.717) is 34.6 Å². The molecule has 0 aliphatic rings. The van der Waals surface area contributed by atoms with Crippen molar-refractivity contribution in [2.24, 2.45) is 4.99 Å². The van der Waals surface area contributed by atoms with Crippen LogP contribution in [0, 0.1) is 5.82 Å². The summed E-state index contributed by atoms with van der Waals surface area (Å²) in [5.41, 5.74) is 3.61. The maximum absolute atomic E-state index is 13.4. The van der Waals surface area contributed by atoms with Gasteiger partial charge in [-0.3, -0.25) is 4.99 Å². The van der Waals surface area contributed by atoms with Crippen LogP contribution in [0.1, 0.15) is 6.92 Å². The van der Waals surface area contributed by atoms with Gasteiger partial charge in [-0.1, -0.05) is 24.8 Å². The lowest BCUT2D eigenvalue weighted by atomic mass is 10.0. The van der Waals surface area contributed by atoms with Gasteiger partial charge in [0.25, 0.3) is 0 Å². The van der Waals surface area contributed by atoms with Crippen molar-refractivity contribution in [1.82, 2.24) is 9.97 Å². The third-order valence-electron chi connectivity index (χ3n) is 4.63. The number of allylic oxidation sites excluding steroid dienone is 1. The van der Waals surface area contributed by atoms with E-state index >= 15 is 0 Å². The quantitative estimate of drug-likeness (QED) is 0.380. The summed E-state index contributed by atoms with van der Waals surface area (Å²) in [6.45, 7) is 5.82. The molecular weight excluding hydrogens is 411 g/mol. The molecule has 0 aliphatic carbocycles. The molecule has 0 fully saturated rings. The van der Waals surface area contributed by atoms with Crippen LogP contribution in [-0.2, 0) is 4.79 Å². The standard InChI is InChI=1S/C24H23FN4O3/c1-15(4-5-16(2)26-3)12-27-24-20-10-18(17-6-8-19(25)9-7-17)11-21(32-13-22(30)31)23(20)28-14-29-24/h4-11,14H,1,12-13H2,2-3H3,(H,30,31)(H,27,28,29)/b5-4-,26-16-. The highest BCUT2D eigenvalue weighted by atomic mass is 19.1. The van der Waals surface area contributed by atoms with Crippen LogP contribution in [0.15, 0.2) is 72.0 Å². The maximum atomic E-state index is 13.4. The molecule has 1 heterocycles. The Labute approximate surface area is 185 Å². The Morgan fingerprint density at radius 2 is 1.97 bits per heavy atom. The summed E-state index contributed by atoms with van der Waals surface area (Å²) >= 11 is 0. The molecule has 3 aromatic rings. The normalized spacial score (nSPS) is 11.7. The van der Waals surface area contributed by atoms with Crippen LogP contribution in [0.4, 0.5) is 10.2 Å². The number of fused-ring (bicyclic) bond motifs is 1. The number of carboxylic acids is 1. The van der Waals surface area contributed by atoms with Gasteiger partial charge in [-0.2, -0.15) is 0 Å². The van der Waals surface area contributed by atoms with E-state index in [1.807, 2.05) is 25.1 Å². The van der Waals surface area contributed by atoms with Gasteiger partial charge in [-0.05, 0) is 54.0 Å². The first-order chi connectivity index (χ1) is 15.4. The van der Waals surface area contributed by atoms with Crippen molar-refractivity contribution in [2.45, 2.75) is 6.92 Å². The Hall–Kier alpha value is -4.07. The maximum Gasteiger partial charge on any atom is 0.341 e. The molecule has 0 radical (unpaired) electrons. The van der Waals surface area contributed by atoms with Crippen LogP contribution >= 0.6 is 0 Å². The Morgan fingerprint density at radius 3 is 2.66 bits per heavy atom. The molecule has 0 saturated heterocycles. The zero-order chi connectivity index (χ0) is 23.1. The van der Waals surface area contributed by atoms with Gasteiger partial charge in [0.1, 0.15) is 29.2 Å². The molecule has 3 rings (SSSR count). The minimum absolute atomic E-state index is 0.295. The largest absolute Gasteiger partial charge is 0.480 e. The smallest absolute Gasteiger partial charge is 0.341 e. The van der Waals surface area contributed by atoms with Crippen molar-refractivity contribution < 1.29 is 19.0 Å². The minimum Gasteiger partial charge on any atom is -0.480 e. The first kappa shape index (κ1) is 22.6. The number of carbonyl (C=O) groups is 1. The first-order valence-corrected chi connectivity index (χ1v) is 9.79.